The first-order valence-electron chi connectivity index (χ1n) is 8.24. The smallest absolute Gasteiger partial charge is 0.322 e. The Kier molecular flexibility index (Phi) is 6.44. The Balaban J connectivity index is 1.73. The molecule has 0 aliphatic heterocycles. The van der Waals surface area contributed by atoms with Gasteiger partial charge in [-0.2, -0.15) is 0 Å². The second-order valence-electron chi connectivity index (χ2n) is 5.74. The fraction of sp³-hybridized carbons (Fsp3) is 0.278. The van der Waals surface area contributed by atoms with Crippen LogP contribution in [0.2, 0.25) is 5.02 Å². The van der Waals surface area contributed by atoms with Crippen LogP contribution < -0.4 is 5.32 Å². The van der Waals surface area contributed by atoms with Gasteiger partial charge in [0.05, 0.1) is 11.5 Å². The summed E-state index contributed by atoms with van der Waals surface area (Å²) in [4.78, 5) is 15.2. The number of nitrogens with one attached hydrogen (secondary N) is 1. The second-order valence-corrected chi connectivity index (χ2v) is 7.09. The molecule has 0 aliphatic carbocycles. The van der Waals surface area contributed by atoms with Crippen molar-refractivity contribution in [1.29, 1.82) is 0 Å². The molecule has 2 aromatic heterocycles. The van der Waals surface area contributed by atoms with Gasteiger partial charge >= 0.3 is 6.03 Å². The highest BCUT2D eigenvalue weighted by Gasteiger charge is 2.19. The Morgan fingerprint density at radius 2 is 2.19 bits per heavy atom. The molecule has 3 aromatic rings. The van der Waals surface area contributed by atoms with Crippen LogP contribution in [0.1, 0.15) is 11.5 Å². The van der Waals surface area contributed by atoms with Crippen molar-refractivity contribution in [1.82, 2.24) is 15.1 Å². The molecule has 2 heterocycles. The van der Waals surface area contributed by atoms with Gasteiger partial charge in [0.15, 0.2) is 0 Å². The molecule has 1 aromatic carbocycles. The molecule has 0 saturated carbocycles. The summed E-state index contributed by atoms with van der Waals surface area (Å²) >= 11 is 7.64. The lowest BCUT2D eigenvalue weighted by molar-refractivity contribution is 0.148. The van der Waals surface area contributed by atoms with Crippen molar-refractivity contribution in [2.24, 2.45) is 0 Å². The Morgan fingerprint density at radius 1 is 1.33 bits per heavy atom. The Morgan fingerprint density at radius 3 is 2.93 bits per heavy atom. The van der Waals surface area contributed by atoms with E-state index in [1.54, 1.807) is 30.2 Å². The molecule has 2 amide bonds. The van der Waals surface area contributed by atoms with Crippen LogP contribution in [-0.2, 0) is 11.3 Å². The van der Waals surface area contributed by atoms with Crippen molar-refractivity contribution in [2.45, 2.75) is 13.5 Å². The number of amides is 2. The molecule has 0 atom stereocenters. The Bertz CT molecular complexity index is 898. The lowest BCUT2D eigenvalue weighted by Crippen LogP contribution is -2.37. The predicted octanol–water partition coefficient (Wildman–Crippen LogP) is 4.44. The number of nitrogens with zero attached hydrogens (tertiary/aromatic N) is 3. The number of thiophene rings is 1. The molecule has 27 heavy (non-hydrogen) atoms. The molecule has 1 N–H and O–H groups in total. The molecule has 142 valence electrons. The lowest BCUT2D eigenvalue weighted by atomic mass is 10.2. The van der Waals surface area contributed by atoms with E-state index in [4.69, 9.17) is 20.8 Å². The van der Waals surface area contributed by atoms with Crippen molar-refractivity contribution < 1.29 is 13.9 Å². The van der Waals surface area contributed by atoms with Crippen LogP contribution in [0.5, 0.6) is 0 Å². The first kappa shape index (κ1) is 19.3. The highest BCUT2D eigenvalue weighted by atomic mass is 35.5. The number of hydrogen-bond acceptors (Lipinski definition) is 6. The molecular formula is C18H19ClN4O3S. The predicted molar refractivity (Wildman–Crippen MR) is 105 cm³/mol. The summed E-state index contributed by atoms with van der Waals surface area (Å²) in [7, 11) is 1.58. The number of urea groups is 1. The molecule has 0 saturated heterocycles. The average Bonchev–Trinajstić information content (AvgIpc) is 3.33. The van der Waals surface area contributed by atoms with Gasteiger partial charge in [-0.15, -0.1) is 21.5 Å². The number of carbonyl (C=O) groups is 1. The number of ether oxygens (including phenoxy) is 1. The molecule has 9 heteroatoms. The largest absolute Gasteiger partial charge is 0.418 e. The molecule has 0 aliphatic rings. The van der Waals surface area contributed by atoms with Crippen molar-refractivity contribution in [2.75, 3.05) is 25.6 Å². The van der Waals surface area contributed by atoms with Crippen LogP contribution in [0, 0.1) is 6.92 Å². The molecule has 0 unspecified atom stereocenters. The number of aromatic nitrogens is 2. The number of methoxy groups -OCH3 is 1. The van der Waals surface area contributed by atoms with E-state index in [-0.39, 0.29) is 12.6 Å². The van der Waals surface area contributed by atoms with E-state index in [0.717, 1.165) is 10.4 Å². The maximum atomic E-state index is 12.8. The van der Waals surface area contributed by atoms with Crippen LogP contribution in [-0.4, -0.2) is 41.4 Å². The zero-order valence-corrected chi connectivity index (χ0v) is 16.5. The van der Waals surface area contributed by atoms with Crippen LogP contribution in [0.25, 0.3) is 10.8 Å². The van der Waals surface area contributed by atoms with E-state index in [2.05, 4.69) is 15.5 Å². The fourth-order valence-corrected chi connectivity index (χ4v) is 3.19. The molecule has 0 bridgehead atoms. The minimum Gasteiger partial charge on any atom is -0.418 e. The third-order valence-corrected chi connectivity index (χ3v) is 5.15. The molecular weight excluding hydrogens is 388 g/mol. The second kappa shape index (κ2) is 8.98. The van der Waals surface area contributed by atoms with Crippen LogP contribution in [0.3, 0.4) is 0 Å². The van der Waals surface area contributed by atoms with Crippen molar-refractivity contribution in [3.05, 3.63) is 52.2 Å². The number of rotatable bonds is 7. The number of benzene rings is 1. The van der Waals surface area contributed by atoms with Gasteiger partial charge in [-0.1, -0.05) is 23.7 Å². The van der Waals surface area contributed by atoms with Crippen LogP contribution >= 0.6 is 22.9 Å². The zero-order chi connectivity index (χ0) is 19.2. The van der Waals surface area contributed by atoms with Crippen LogP contribution in [0.15, 0.2) is 40.1 Å². The Labute approximate surface area is 165 Å². The number of carbonyl (C=O) groups excluding carboxylic acids is 1. The van der Waals surface area contributed by atoms with Gasteiger partial charge in [0.2, 0.25) is 5.89 Å². The Hall–Kier alpha value is -2.42. The zero-order valence-electron chi connectivity index (χ0n) is 14.9. The summed E-state index contributed by atoms with van der Waals surface area (Å²) in [5.74, 6) is 0.797. The third-order valence-electron chi connectivity index (χ3n) is 3.89. The quantitative estimate of drug-likeness (QED) is 0.627. The van der Waals surface area contributed by atoms with Gasteiger partial charge < -0.3 is 19.4 Å². The summed E-state index contributed by atoms with van der Waals surface area (Å²) in [5.41, 5.74) is 1.46. The van der Waals surface area contributed by atoms with Gasteiger partial charge in [0, 0.05) is 24.4 Å². The fourth-order valence-electron chi connectivity index (χ4n) is 2.37. The topological polar surface area (TPSA) is 80.5 Å². The van der Waals surface area contributed by atoms with E-state index in [1.165, 1.54) is 11.3 Å². The summed E-state index contributed by atoms with van der Waals surface area (Å²) in [6.07, 6.45) is 0. The number of halogens is 1. The summed E-state index contributed by atoms with van der Waals surface area (Å²) < 4.78 is 10.8. The van der Waals surface area contributed by atoms with E-state index in [0.29, 0.717) is 35.6 Å². The molecule has 7 nitrogen and oxygen atoms in total. The number of anilines is 1. The number of hydrogen-bond donors (Lipinski definition) is 1. The normalized spacial score (nSPS) is 10.8. The summed E-state index contributed by atoms with van der Waals surface area (Å²) in [6.45, 7) is 2.78. The molecule has 0 spiro atoms. The minimum absolute atomic E-state index is 0.174. The van der Waals surface area contributed by atoms with Gasteiger partial charge in [-0.3, -0.25) is 0 Å². The maximum absolute atomic E-state index is 12.8. The van der Waals surface area contributed by atoms with Gasteiger partial charge in [0.25, 0.3) is 5.89 Å². The molecule has 0 fully saturated rings. The van der Waals surface area contributed by atoms with Gasteiger partial charge in [0.1, 0.15) is 6.54 Å². The van der Waals surface area contributed by atoms with E-state index < -0.39 is 0 Å². The maximum Gasteiger partial charge on any atom is 0.322 e. The molecule has 3 rings (SSSR count). The van der Waals surface area contributed by atoms with Gasteiger partial charge in [-0.05, 0) is 36.1 Å². The first-order chi connectivity index (χ1) is 13.1. The first-order valence-corrected chi connectivity index (χ1v) is 9.50. The van der Waals surface area contributed by atoms with E-state index in [1.807, 2.05) is 24.4 Å². The standard InChI is InChI=1S/C18H19ClN4O3S/c1-12-13(19)5-3-6-14(12)20-18(24)23(8-9-25-2)11-16-21-22-17(26-16)15-7-4-10-27-15/h3-7,10H,8-9,11H2,1-2H3,(H,20,24). The highest BCUT2D eigenvalue weighted by molar-refractivity contribution is 7.13. The highest BCUT2D eigenvalue weighted by Crippen LogP contribution is 2.25. The third kappa shape index (κ3) is 4.85. The van der Waals surface area contributed by atoms with Crippen molar-refractivity contribution in [3.63, 3.8) is 0 Å². The van der Waals surface area contributed by atoms with E-state index in [9.17, 15) is 4.79 Å². The minimum atomic E-state index is -0.298. The monoisotopic (exact) mass is 406 g/mol. The summed E-state index contributed by atoms with van der Waals surface area (Å²) in [5, 5.41) is 13.5. The lowest BCUT2D eigenvalue weighted by Gasteiger charge is -2.22. The van der Waals surface area contributed by atoms with Crippen molar-refractivity contribution in [3.8, 4) is 10.8 Å². The SMILES string of the molecule is COCCN(Cc1nnc(-c2cccs2)o1)C(=O)Nc1cccc(Cl)c1C. The van der Waals surface area contributed by atoms with Crippen molar-refractivity contribution >= 4 is 34.7 Å². The van der Waals surface area contributed by atoms with Gasteiger partial charge in [-0.25, -0.2) is 4.79 Å². The van der Waals surface area contributed by atoms with Crippen LogP contribution in [0.4, 0.5) is 10.5 Å². The van der Waals surface area contributed by atoms with E-state index >= 15 is 0 Å². The molecule has 0 radical (unpaired) electrons. The average molecular weight is 407 g/mol. The summed E-state index contributed by atoms with van der Waals surface area (Å²) in [6, 6.07) is 8.88.